The molecule has 186 valence electrons. The third-order valence-electron chi connectivity index (χ3n) is 7.22. The standard InChI is InChI=1S/C25H31N5O4S/c1-26-17-14-19(15-17)30-16-22(25(31)34-2)21-8-9-23(27-24(21)30)29-12-10-28(11-13-29)18-4-6-20(7-5-18)35(3,32)33/h4-9,16-17,19,26H,10-15H2,1-3H3/t17-,19+. The highest BCUT2D eigenvalue weighted by Crippen LogP contribution is 2.36. The number of sulfone groups is 1. The van der Waals surface area contributed by atoms with E-state index >= 15 is 0 Å². The van der Waals surface area contributed by atoms with Gasteiger partial charge in [-0.1, -0.05) is 0 Å². The quantitative estimate of drug-likeness (QED) is 0.519. The number of nitrogens with zero attached hydrogens (tertiary/aromatic N) is 4. The van der Waals surface area contributed by atoms with Gasteiger partial charge in [-0.05, 0) is 56.3 Å². The first-order valence-corrected chi connectivity index (χ1v) is 13.7. The van der Waals surface area contributed by atoms with Gasteiger partial charge < -0.3 is 24.4 Å². The van der Waals surface area contributed by atoms with Crippen LogP contribution in [0.25, 0.3) is 11.0 Å². The number of anilines is 2. The lowest BCUT2D eigenvalue weighted by atomic mass is 9.87. The number of pyridine rings is 1. The number of ether oxygens (including phenoxy) is 1. The molecule has 0 atom stereocenters. The molecular weight excluding hydrogens is 466 g/mol. The molecule has 9 nitrogen and oxygen atoms in total. The van der Waals surface area contributed by atoms with Gasteiger partial charge in [-0.3, -0.25) is 0 Å². The summed E-state index contributed by atoms with van der Waals surface area (Å²) in [6.45, 7) is 3.20. The summed E-state index contributed by atoms with van der Waals surface area (Å²) in [6, 6.07) is 11.8. The van der Waals surface area contributed by atoms with Crippen molar-refractivity contribution in [1.82, 2.24) is 14.9 Å². The molecule has 1 aliphatic heterocycles. The Morgan fingerprint density at radius 3 is 2.29 bits per heavy atom. The van der Waals surface area contributed by atoms with Crippen LogP contribution in [0.15, 0.2) is 47.5 Å². The maximum atomic E-state index is 12.4. The molecule has 1 aliphatic carbocycles. The number of hydrogen-bond donors (Lipinski definition) is 1. The van der Waals surface area contributed by atoms with Crippen LogP contribution in [0.3, 0.4) is 0 Å². The molecule has 3 aromatic rings. The highest BCUT2D eigenvalue weighted by molar-refractivity contribution is 7.90. The van der Waals surface area contributed by atoms with Crippen LogP contribution in [0.2, 0.25) is 0 Å². The Kier molecular flexibility index (Phi) is 6.18. The van der Waals surface area contributed by atoms with E-state index in [0.29, 0.717) is 22.5 Å². The summed E-state index contributed by atoms with van der Waals surface area (Å²) >= 11 is 0. The topological polar surface area (TPSA) is 96.8 Å². The number of fused-ring (bicyclic) bond motifs is 1. The highest BCUT2D eigenvalue weighted by atomic mass is 32.2. The molecule has 1 N–H and O–H groups in total. The molecule has 1 saturated heterocycles. The van der Waals surface area contributed by atoms with Crippen molar-refractivity contribution in [2.45, 2.75) is 29.8 Å². The Labute approximate surface area is 205 Å². The van der Waals surface area contributed by atoms with Crippen molar-refractivity contribution in [1.29, 1.82) is 0 Å². The second kappa shape index (κ2) is 9.16. The molecule has 0 radical (unpaired) electrons. The normalized spacial score (nSPS) is 20.7. The summed E-state index contributed by atoms with van der Waals surface area (Å²) in [7, 11) is 0.181. The second-order valence-corrected chi connectivity index (χ2v) is 11.3. The van der Waals surface area contributed by atoms with Gasteiger partial charge in [0.2, 0.25) is 0 Å². The van der Waals surface area contributed by atoms with Crippen LogP contribution in [0.1, 0.15) is 29.2 Å². The molecule has 2 aliphatic rings. The van der Waals surface area contributed by atoms with E-state index in [-0.39, 0.29) is 5.97 Å². The fraction of sp³-hybridized carbons (Fsp3) is 0.440. The van der Waals surface area contributed by atoms with Crippen LogP contribution in [0, 0.1) is 0 Å². The fourth-order valence-electron chi connectivity index (χ4n) is 4.99. The molecular formula is C25H31N5O4S. The number of carbonyl (C=O) groups is 1. The predicted molar refractivity (Wildman–Crippen MR) is 136 cm³/mol. The summed E-state index contributed by atoms with van der Waals surface area (Å²) < 4.78 is 30.6. The van der Waals surface area contributed by atoms with Crippen LogP contribution in [0.4, 0.5) is 11.5 Å². The largest absolute Gasteiger partial charge is 0.465 e. The Morgan fingerprint density at radius 1 is 1.03 bits per heavy atom. The third-order valence-corrected chi connectivity index (χ3v) is 8.35. The number of benzene rings is 1. The van der Waals surface area contributed by atoms with Crippen molar-refractivity contribution in [3.63, 3.8) is 0 Å². The number of methoxy groups -OCH3 is 1. The van der Waals surface area contributed by atoms with Crippen LogP contribution < -0.4 is 15.1 Å². The van der Waals surface area contributed by atoms with Crippen LogP contribution >= 0.6 is 0 Å². The zero-order chi connectivity index (χ0) is 24.7. The summed E-state index contributed by atoms with van der Waals surface area (Å²) in [6.07, 6.45) is 5.12. The van der Waals surface area contributed by atoms with Gasteiger partial charge in [-0.2, -0.15) is 0 Å². The van der Waals surface area contributed by atoms with Crippen molar-refractivity contribution in [2.75, 3.05) is 56.4 Å². The Bertz CT molecular complexity index is 1340. The van der Waals surface area contributed by atoms with Gasteiger partial charge in [-0.25, -0.2) is 18.2 Å². The molecule has 0 unspecified atom stereocenters. The molecule has 2 aromatic heterocycles. The van der Waals surface area contributed by atoms with E-state index in [0.717, 1.165) is 61.6 Å². The first-order valence-electron chi connectivity index (χ1n) is 11.9. The SMILES string of the molecule is CN[C@H]1C[C@@H](n2cc(C(=O)OC)c3ccc(N4CCN(c5ccc(S(C)(=O)=O)cc5)CC4)nc32)C1. The molecule has 5 rings (SSSR count). The maximum absolute atomic E-state index is 12.4. The van der Waals surface area contributed by atoms with Gasteiger partial charge in [0.05, 0.1) is 17.6 Å². The predicted octanol–water partition coefficient (Wildman–Crippen LogP) is 2.48. The molecule has 1 aromatic carbocycles. The van der Waals surface area contributed by atoms with Gasteiger partial charge >= 0.3 is 5.97 Å². The minimum atomic E-state index is -3.20. The van der Waals surface area contributed by atoms with Crippen molar-refractivity contribution in [3.05, 3.63) is 48.2 Å². The molecule has 3 heterocycles. The van der Waals surface area contributed by atoms with Crippen LogP contribution in [-0.4, -0.2) is 76.6 Å². The monoisotopic (exact) mass is 497 g/mol. The fourth-order valence-corrected chi connectivity index (χ4v) is 5.62. The van der Waals surface area contributed by atoms with Crippen molar-refractivity contribution >= 4 is 38.3 Å². The number of rotatable bonds is 6. The lowest BCUT2D eigenvalue weighted by molar-refractivity contribution is 0.0602. The lowest BCUT2D eigenvalue weighted by Gasteiger charge is -2.37. The summed E-state index contributed by atoms with van der Waals surface area (Å²) in [4.78, 5) is 22.2. The van der Waals surface area contributed by atoms with E-state index in [1.54, 1.807) is 12.1 Å². The Hall–Kier alpha value is -3.11. The molecule has 0 bridgehead atoms. The second-order valence-electron chi connectivity index (χ2n) is 9.33. The van der Waals surface area contributed by atoms with E-state index in [4.69, 9.17) is 9.72 Å². The highest BCUT2D eigenvalue weighted by Gasteiger charge is 2.32. The van der Waals surface area contributed by atoms with Gasteiger partial charge in [0, 0.05) is 61.8 Å². The molecule has 35 heavy (non-hydrogen) atoms. The van der Waals surface area contributed by atoms with Gasteiger partial charge in [0.15, 0.2) is 9.84 Å². The summed E-state index contributed by atoms with van der Waals surface area (Å²) in [5, 5.41) is 4.13. The number of esters is 1. The lowest BCUT2D eigenvalue weighted by Crippen LogP contribution is -2.46. The zero-order valence-corrected chi connectivity index (χ0v) is 21.1. The minimum Gasteiger partial charge on any atom is -0.465 e. The van der Waals surface area contributed by atoms with Gasteiger partial charge in [0.25, 0.3) is 0 Å². The van der Waals surface area contributed by atoms with Gasteiger partial charge in [0.1, 0.15) is 11.5 Å². The number of nitrogens with one attached hydrogen (secondary N) is 1. The summed E-state index contributed by atoms with van der Waals surface area (Å²) in [5.41, 5.74) is 2.39. The molecule has 1 saturated carbocycles. The smallest absolute Gasteiger partial charge is 0.340 e. The molecule has 2 fully saturated rings. The zero-order valence-electron chi connectivity index (χ0n) is 20.3. The van der Waals surface area contributed by atoms with E-state index in [2.05, 4.69) is 19.7 Å². The van der Waals surface area contributed by atoms with E-state index in [1.807, 2.05) is 37.5 Å². The van der Waals surface area contributed by atoms with E-state index in [9.17, 15) is 13.2 Å². The van der Waals surface area contributed by atoms with Crippen molar-refractivity contribution < 1.29 is 17.9 Å². The first kappa shape index (κ1) is 23.6. The Balaban J connectivity index is 1.35. The first-order chi connectivity index (χ1) is 16.8. The number of carbonyl (C=O) groups excluding carboxylic acids is 1. The number of aromatic nitrogens is 2. The average Bonchev–Trinajstić information content (AvgIpc) is 3.21. The van der Waals surface area contributed by atoms with E-state index in [1.165, 1.54) is 13.4 Å². The number of hydrogen-bond acceptors (Lipinski definition) is 8. The molecule has 10 heteroatoms. The van der Waals surface area contributed by atoms with Crippen molar-refractivity contribution in [3.8, 4) is 0 Å². The van der Waals surface area contributed by atoms with Crippen LogP contribution in [-0.2, 0) is 14.6 Å². The molecule has 0 spiro atoms. The molecule has 0 amide bonds. The van der Waals surface area contributed by atoms with Gasteiger partial charge in [-0.15, -0.1) is 0 Å². The minimum absolute atomic E-state index is 0.308. The Morgan fingerprint density at radius 2 is 1.69 bits per heavy atom. The maximum Gasteiger partial charge on any atom is 0.340 e. The average molecular weight is 498 g/mol. The number of piperazine rings is 1. The van der Waals surface area contributed by atoms with E-state index < -0.39 is 9.84 Å². The van der Waals surface area contributed by atoms with Crippen molar-refractivity contribution in [2.24, 2.45) is 0 Å². The third kappa shape index (κ3) is 4.48. The van der Waals surface area contributed by atoms with Crippen LogP contribution in [0.5, 0.6) is 0 Å². The summed E-state index contributed by atoms with van der Waals surface area (Å²) in [5.74, 6) is 0.549.